The molecule has 3 N–H and O–H groups in total. The van der Waals surface area contributed by atoms with Gasteiger partial charge in [-0.05, 0) is 17.7 Å². The van der Waals surface area contributed by atoms with Gasteiger partial charge in [0.15, 0.2) is 11.5 Å². The Morgan fingerprint density at radius 1 is 1.43 bits per heavy atom. The molecule has 1 heterocycles. The number of oxazole rings is 1. The normalized spacial score (nSPS) is 11.0. The zero-order valence-corrected chi connectivity index (χ0v) is 7.73. The van der Waals surface area contributed by atoms with Crippen molar-refractivity contribution in [2.24, 2.45) is 5.73 Å². The summed E-state index contributed by atoms with van der Waals surface area (Å²) in [5.41, 5.74) is 8.07. The van der Waals surface area contributed by atoms with E-state index < -0.39 is 0 Å². The van der Waals surface area contributed by atoms with Gasteiger partial charge in [-0.1, -0.05) is 6.07 Å². The van der Waals surface area contributed by atoms with Gasteiger partial charge in [0.1, 0.15) is 5.52 Å². The van der Waals surface area contributed by atoms with Crippen LogP contribution in [0.4, 0.5) is 0 Å². The molecule has 1 aromatic heterocycles. The average Bonchev–Trinajstić information content (AvgIpc) is 2.59. The molecule has 0 saturated heterocycles. The monoisotopic (exact) mass is 192 g/mol. The lowest BCUT2D eigenvalue weighted by molar-refractivity contribution is 0.287. The van der Waals surface area contributed by atoms with E-state index in [9.17, 15) is 0 Å². The summed E-state index contributed by atoms with van der Waals surface area (Å²) in [6, 6.07) is 5.68. The third-order valence-electron chi connectivity index (χ3n) is 2.06. The van der Waals surface area contributed by atoms with Crippen LogP contribution in [0.15, 0.2) is 22.6 Å². The highest BCUT2D eigenvalue weighted by Crippen LogP contribution is 2.17. The number of rotatable bonds is 3. The molecule has 2 rings (SSSR count). The number of nitrogens with two attached hydrogens (primary N) is 1. The van der Waals surface area contributed by atoms with Crippen LogP contribution in [0.3, 0.4) is 0 Å². The highest BCUT2D eigenvalue weighted by Gasteiger charge is 2.04. The number of hydrogen-bond acceptors (Lipinski definition) is 4. The molecule has 0 bridgehead atoms. The number of aromatic nitrogens is 1. The molecule has 0 radical (unpaired) electrons. The second-order valence-electron chi connectivity index (χ2n) is 3.09. The van der Waals surface area contributed by atoms with Gasteiger partial charge in [0.25, 0.3) is 0 Å². The van der Waals surface area contributed by atoms with Crippen LogP contribution in [0.25, 0.3) is 11.1 Å². The summed E-state index contributed by atoms with van der Waals surface area (Å²) in [5, 5.41) is 8.73. The van der Waals surface area contributed by atoms with Crippen LogP contribution < -0.4 is 5.73 Å². The van der Waals surface area contributed by atoms with Crippen molar-refractivity contribution in [1.82, 2.24) is 4.98 Å². The summed E-state index contributed by atoms with van der Waals surface area (Å²) >= 11 is 0. The van der Waals surface area contributed by atoms with Crippen LogP contribution in [0.2, 0.25) is 0 Å². The van der Waals surface area contributed by atoms with Crippen LogP contribution in [0.5, 0.6) is 0 Å². The van der Waals surface area contributed by atoms with E-state index in [4.69, 9.17) is 15.3 Å². The highest BCUT2D eigenvalue weighted by molar-refractivity contribution is 5.73. The van der Waals surface area contributed by atoms with Crippen LogP contribution in [0.1, 0.15) is 11.5 Å². The van der Waals surface area contributed by atoms with Crippen molar-refractivity contribution in [3.63, 3.8) is 0 Å². The number of fused-ring (bicyclic) bond motifs is 1. The number of aliphatic hydroxyl groups is 1. The van der Waals surface area contributed by atoms with Gasteiger partial charge in [-0.3, -0.25) is 0 Å². The molecule has 0 fully saturated rings. The zero-order valence-electron chi connectivity index (χ0n) is 7.73. The van der Waals surface area contributed by atoms with Crippen molar-refractivity contribution >= 4 is 11.1 Å². The minimum atomic E-state index is 0.0522. The molecule has 4 heteroatoms. The molecule has 14 heavy (non-hydrogen) atoms. The Balaban J connectivity index is 2.43. The summed E-state index contributed by atoms with van der Waals surface area (Å²) in [5.74, 6) is 0.566. The Morgan fingerprint density at radius 2 is 2.29 bits per heavy atom. The Hall–Kier alpha value is -1.39. The smallest absolute Gasteiger partial charge is 0.197 e. The Kier molecular flexibility index (Phi) is 2.47. The summed E-state index contributed by atoms with van der Waals surface area (Å²) in [4.78, 5) is 4.21. The van der Waals surface area contributed by atoms with Gasteiger partial charge in [0, 0.05) is 13.0 Å². The largest absolute Gasteiger partial charge is 0.441 e. The van der Waals surface area contributed by atoms with Gasteiger partial charge in [-0.25, -0.2) is 4.98 Å². The van der Waals surface area contributed by atoms with Crippen molar-refractivity contribution in [3.8, 4) is 0 Å². The first-order valence-corrected chi connectivity index (χ1v) is 4.53. The molecule has 74 valence electrons. The predicted molar refractivity (Wildman–Crippen MR) is 52.7 cm³/mol. The van der Waals surface area contributed by atoms with Crippen LogP contribution >= 0.6 is 0 Å². The molecule has 0 aliphatic rings. The first kappa shape index (κ1) is 9.18. The maximum Gasteiger partial charge on any atom is 0.197 e. The first-order valence-electron chi connectivity index (χ1n) is 4.53. The predicted octanol–water partition coefficient (Wildman–Crippen LogP) is 0.821. The molecular weight excluding hydrogens is 180 g/mol. The van der Waals surface area contributed by atoms with Gasteiger partial charge in [-0.2, -0.15) is 0 Å². The molecule has 2 aromatic rings. The van der Waals surface area contributed by atoms with E-state index in [-0.39, 0.29) is 6.61 Å². The van der Waals surface area contributed by atoms with Crippen molar-refractivity contribution in [1.29, 1.82) is 0 Å². The molecule has 1 aromatic carbocycles. The van der Waals surface area contributed by atoms with Gasteiger partial charge in [0.2, 0.25) is 0 Å². The molecule has 0 saturated carbocycles. The van der Waals surface area contributed by atoms with E-state index in [1.807, 2.05) is 18.2 Å². The lowest BCUT2D eigenvalue weighted by Crippen LogP contribution is -1.94. The fourth-order valence-electron chi connectivity index (χ4n) is 1.35. The molecule has 0 aliphatic heterocycles. The van der Waals surface area contributed by atoms with Gasteiger partial charge in [0.05, 0.1) is 6.61 Å². The van der Waals surface area contributed by atoms with Crippen molar-refractivity contribution in [2.45, 2.75) is 13.0 Å². The molecule has 0 spiro atoms. The van der Waals surface area contributed by atoms with Crippen LogP contribution in [0, 0.1) is 0 Å². The van der Waals surface area contributed by atoms with Crippen molar-refractivity contribution in [3.05, 3.63) is 29.7 Å². The SMILES string of the molecule is NCc1ccc2nc(CCO)oc2c1. The highest BCUT2D eigenvalue weighted by atomic mass is 16.3. The standard InChI is InChI=1S/C10H12N2O2/c11-6-7-1-2-8-9(5-7)14-10(12-8)3-4-13/h1-2,5,13H,3-4,6,11H2. The lowest BCUT2D eigenvalue weighted by Gasteiger charge is -1.92. The Labute approximate surface area is 81.4 Å². The average molecular weight is 192 g/mol. The van der Waals surface area contributed by atoms with E-state index in [1.54, 1.807) is 0 Å². The summed E-state index contributed by atoms with van der Waals surface area (Å²) in [6.45, 7) is 0.544. The third kappa shape index (κ3) is 1.62. The number of hydrogen-bond donors (Lipinski definition) is 2. The second-order valence-corrected chi connectivity index (χ2v) is 3.09. The first-order chi connectivity index (χ1) is 6.83. The summed E-state index contributed by atoms with van der Waals surface area (Å²) in [6.07, 6.45) is 0.451. The minimum absolute atomic E-state index is 0.0522. The molecule has 0 aliphatic carbocycles. The van der Waals surface area contributed by atoms with E-state index >= 15 is 0 Å². The quantitative estimate of drug-likeness (QED) is 0.755. The van der Waals surface area contributed by atoms with Crippen molar-refractivity contribution < 1.29 is 9.52 Å². The zero-order chi connectivity index (χ0) is 9.97. The molecule has 0 unspecified atom stereocenters. The second kappa shape index (κ2) is 3.77. The Bertz CT molecular complexity index is 437. The van der Waals surface area contributed by atoms with E-state index in [1.165, 1.54) is 0 Å². The lowest BCUT2D eigenvalue weighted by atomic mass is 10.2. The summed E-state index contributed by atoms with van der Waals surface area (Å²) in [7, 11) is 0. The fraction of sp³-hybridized carbons (Fsp3) is 0.300. The molecule has 0 amide bonds. The third-order valence-corrected chi connectivity index (χ3v) is 2.06. The van der Waals surface area contributed by atoms with Gasteiger partial charge < -0.3 is 15.3 Å². The molecular formula is C10H12N2O2. The minimum Gasteiger partial charge on any atom is -0.441 e. The summed E-state index contributed by atoms with van der Waals surface area (Å²) < 4.78 is 5.42. The van der Waals surface area contributed by atoms with Crippen LogP contribution in [-0.2, 0) is 13.0 Å². The number of nitrogens with zero attached hydrogens (tertiary/aromatic N) is 1. The Morgan fingerprint density at radius 3 is 3.00 bits per heavy atom. The van der Waals surface area contributed by atoms with E-state index in [0.29, 0.717) is 18.9 Å². The maximum atomic E-state index is 8.73. The van der Waals surface area contributed by atoms with Gasteiger partial charge in [-0.15, -0.1) is 0 Å². The fourth-order valence-corrected chi connectivity index (χ4v) is 1.35. The number of benzene rings is 1. The van der Waals surface area contributed by atoms with E-state index in [2.05, 4.69) is 4.98 Å². The maximum absolute atomic E-state index is 8.73. The van der Waals surface area contributed by atoms with E-state index in [0.717, 1.165) is 16.7 Å². The molecule has 4 nitrogen and oxygen atoms in total. The topological polar surface area (TPSA) is 72.3 Å². The molecule has 0 atom stereocenters. The van der Waals surface area contributed by atoms with Crippen molar-refractivity contribution in [2.75, 3.05) is 6.61 Å². The number of aliphatic hydroxyl groups excluding tert-OH is 1. The van der Waals surface area contributed by atoms with Gasteiger partial charge >= 0.3 is 0 Å². The van der Waals surface area contributed by atoms with Crippen LogP contribution in [-0.4, -0.2) is 16.7 Å².